The number of esters is 1. The molecule has 1 aliphatic rings. The Morgan fingerprint density at radius 3 is 2.57 bits per heavy atom. The zero-order chi connectivity index (χ0) is 30.6. The van der Waals surface area contributed by atoms with Gasteiger partial charge in [0, 0.05) is 29.8 Å². The van der Waals surface area contributed by atoms with Crippen LogP contribution in [-0.4, -0.2) is 51.6 Å². The number of rotatable bonds is 9. The number of aryl methyl sites for hydroxylation is 1. The maximum atomic E-state index is 14.2. The summed E-state index contributed by atoms with van der Waals surface area (Å²) >= 11 is 0. The third-order valence-electron chi connectivity index (χ3n) is 8.02. The molecule has 0 unspecified atom stereocenters. The summed E-state index contributed by atoms with van der Waals surface area (Å²) in [5.41, 5.74) is 1.96. The van der Waals surface area contributed by atoms with Gasteiger partial charge in [-0.25, -0.2) is 9.49 Å². The predicted octanol–water partition coefficient (Wildman–Crippen LogP) is 4.25. The van der Waals surface area contributed by atoms with Gasteiger partial charge in [-0.05, 0) is 94.5 Å². The van der Waals surface area contributed by atoms with Gasteiger partial charge in [-0.15, -0.1) is 0 Å². The Morgan fingerprint density at radius 2 is 1.90 bits per heavy atom. The van der Waals surface area contributed by atoms with Crippen LogP contribution in [0.2, 0.25) is 0 Å². The number of H-pyrrole nitrogens is 1. The lowest BCUT2D eigenvalue weighted by Gasteiger charge is -2.39. The maximum Gasteiger partial charge on any atom is 0.313 e. The molecule has 1 saturated heterocycles. The van der Waals surface area contributed by atoms with Gasteiger partial charge in [0.05, 0.1) is 18.1 Å². The van der Waals surface area contributed by atoms with Crippen LogP contribution in [0.5, 0.6) is 0 Å². The number of halogens is 1. The molecule has 1 aliphatic heterocycles. The van der Waals surface area contributed by atoms with Gasteiger partial charge in [-0.2, -0.15) is 5.10 Å². The van der Waals surface area contributed by atoms with Crippen LogP contribution in [0.1, 0.15) is 79.2 Å². The van der Waals surface area contributed by atoms with Crippen LogP contribution in [-0.2, 0) is 20.7 Å². The van der Waals surface area contributed by atoms with Gasteiger partial charge in [0.15, 0.2) is 0 Å². The highest BCUT2D eigenvalue weighted by Gasteiger charge is 2.50. The van der Waals surface area contributed by atoms with Crippen molar-refractivity contribution >= 4 is 17.8 Å². The van der Waals surface area contributed by atoms with E-state index in [0.29, 0.717) is 36.0 Å². The Morgan fingerprint density at radius 1 is 1.14 bits per heavy atom. The Hall–Kier alpha value is -4.34. The molecule has 1 aromatic heterocycles. The van der Waals surface area contributed by atoms with Crippen LogP contribution >= 0.6 is 0 Å². The minimum Gasteiger partial charge on any atom is -0.466 e. The molecule has 0 saturated carbocycles. The molecule has 4 rings (SSSR count). The van der Waals surface area contributed by atoms with Gasteiger partial charge >= 0.3 is 5.97 Å². The molecular weight excluding hydrogens is 539 g/mol. The standard InChI is InChI=1S/C32H37FN4O5/c1-6-42-31(41)32(4,5)27-13-12-26(22-8-7-9-25(33)18-22)37(27)30(40)20(3)35-28(38)23-11-10-21(19(2)16-23)17-24-14-15-34-36-29(24)39/h7-11,14-16,18,20,26-27H,6,12-13,17H2,1-5H3,(H,35,38)(H,36,39)/t20-,26+,27-/m1/s1. The average Bonchev–Trinajstić information content (AvgIpc) is 3.41. The fourth-order valence-corrected chi connectivity index (χ4v) is 5.64. The van der Waals surface area contributed by atoms with Crippen molar-refractivity contribution in [2.45, 2.75) is 72.0 Å². The summed E-state index contributed by atoms with van der Waals surface area (Å²) in [5, 5.41) is 8.94. The lowest BCUT2D eigenvalue weighted by Crippen LogP contribution is -2.54. The number of carbonyl (C=O) groups is 3. The molecule has 1 fully saturated rings. The van der Waals surface area contributed by atoms with E-state index in [1.54, 1.807) is 69.0 Å². The molecule has 0 aliphatic carbocycles. The quantitative estimate of drug-likeness (QED) is 0.368. The highest BCUT2D eigenvalue weighted by Crippen LogP contribution is 2.44. The fraction of sp³-hybridized carbons (Fsp3) is 0.406. The lowest BCUT2D eigenvalue weighted by molar-refractivity contribution is -0.159. The third kappa shape index (κ3) is 6.42. The highest BCUT2D eigenvalue weighted by atomic mass is 19.1. The second-order valence-electron chi connectivity index (χ2n) is 11.3. The molecule has 0 radical (unpaired) electrons. The number of ether oxygens (including phenoxy) is 1. The zero-order valence-corrected chi connectivity index (χ0v) is 24.6. The number of nitrogens with one attached hydrogen (secondary N) is 2. The number of carbonyl (C=O) groups excluding carboxylic acids is 3. The molecule has 42 heavy (non-hydrogen) atoms. The number of nitrogens with zero attached hydrogens (tertiary/aromatic N) is 2. The van der Waals surface area contributed by atoms with E-state index in [2.05, 4.69) is 15.5 Å². The van der Waals surface area contributed by atoms with Crippen LogP contribution in [0.4, 0.5) is 4.39 Å². The van der Waals surface area contributed by atoms with Gasteiger partial charge in [-0.3, -0.25) is 19.2 Å². The normalized spacial score (nSPS) is 17.5. The van der Waals surface area contributed by atoms with E-state index in [1.807, 2.05) is 6.92 Å². The van der Waals surface area contributed by atoms with Crippen molar-refractivity contribution in [1.82, 2.24) is 20.4 Å². The molecule has 3 aromatic rings. The maximum absolute atomic E-state index is 14.2. The van der Waals surface area contributed by atoms with Crippen molar-refractivity contribution in [3.63, 3.8) is 0 Å². The first-order valence-corrected chi connectivity index (χ1v) is 14.1. The van der Waals surface area contributed by atoms with Crippen LogP contribution in [0.3, 0.4) is 0 Å². The van der Waals surface area contributed by atoms with E-state index in [-0.39, 0.29) is 18.1 Å². The van der Waals surface area contributed by atoms with Crippen LogP contribution in [0.15, 0.2) is 59.5 Å². The number of likely N-dealkylation sites (tertiary alicyclic amines) is 1. The predicted molar refractivity (Wildman–Crippen MR) is 155 cm³/mol. The SMILES string of the molecule is CCOC(=O)C(C)(C)[C@H]1CC[C@@H](c2cccc(F)c2)N1C(=O)[C@@H](C)NC(=O)c1ccc(Cc2ccn[nH]c2=O)c(C)c1. The van der Waals surface area contributed by atoms with E-state index in [0.717, 1.165) is 11.1 Å². The van der Waals surface area contributed by atoms with Crippen molar-refractivity contribution in [2.75, 3.05) is 6.61 Å². The number of hydrogen-bond donors (Lipinski definition) is 2. The number of amides is 2. The van der Waals surface area contributed by atoms with Crippen LogP contribution < -0.4 is 10.9 Å². The number of benzene rings is 2. The average molecular weight is 577 g/mol. The first-order valence-electron chi connectivity index (χ1n) is 14.1. The minimum atomic E-state index is -1.03. The number of hydrogen-bond acceptors (Lipinski definition) is 6. The summed E-state index contributed by atoms with van der Waals surface area (Å²) in [5.74, 6) is -1.65. The largest absolute Gasteiger partial charge is 0.466 e. The molecule has 0 spiro atoms. The van der Waals surface area contributed by atoms with E-state index in [4.69, 9.17) is 4.74 Å². The second-order valence-corrected chi connectivity index (χ2v) is 11.3. The van der Waals surface area contributed by atoms with Crippen molar-refractivity contribution in [3.8, 4) is 0 Å². The summed E-state index contributed by atoms with van der Waals surface area (Å²) < 4.78 is 19.5. The zero-order valence-electron chi connectivity index (χ0n) is 24.6. The highest BCUT2D eigenvalue weighted by molar-refractivity contribution is 5.98. The summed E-state index contributed by atoms with van der Waals surface area (Å²) in [4.78, 5) is 53.8. The van der Waals surface area contributed by atoms with Gasteiger partial charge in [0.25, 0.3) is 11.5 Å². The molecule has 3 atom stereocenters. The summed E-state index contributed by atoms with van der Waals surface area (Å²) in [6.07, 6.45) is 2.95. The molecule has 2 aromatic carbocycles. The summed E-state index contributed by atoms with van der Waals surface area (Å²) in [7, 11) is 0. The third-order valence-corrected chi connectivity index (χ3v) is 8.02. The number of aromatic amines is 1. The van der Waals surface area contributed by atoms with E-state index in [9.17, 15) is 23.6 Å². The van der Waals surface area contributed by atoms with Crippen LogP contribution in [0.25, 0.3) is 0 Å². The van der Waals surface area contributed by atoms with Crippen molar-refractivity contribution < 1.29 is 23.5 Å². The second kappa shape index (κ2) is 12.7. The molecule has 2 N–H and O–H groups in total. The Kier molecular flexibility index (Phi) is 9.23. The van der Waals surface area contributed by atoms with Gasteiger partial charge < -0.3 is 15.0 Å². The number of aromatic nitrogens is 2. The van der Waals surface area contributed by atoms with Gasteiger partial charge in [0.1, 0.15) is 11.9 Å². The smallest absolute Gasteiger partial charge is 0.313 e. The fourth-order valence-electron chi connectivity index (χ4n) is 5.64. The molecule has 0 bridgehead atoms. The summed E-state index contributed by atoms with van der Waals surface area (Å²) in [6.45, 7) is 8.89. The van der Waals surface area contributed by atoms with Crippen molar-refractivity contribution in [3.05, 3.63) is 98.7 Å². The molecule has 2 amide bonds. The molecule has 10 heteroatoms. The Balaban J connectivity index is 1.56. The van der Waals surface area contributed by atoms with Crippen LogP contribution in [0, 0.1) is 18.2 Å². The van der Waals surface area contributed by atoms with E-state index >= 15 is 0 Å². The monoisotopic (exact) mass is 576 g/mol. The summed E-state index contributed by atoms with van der Waals surface area (Å²) in [6, 6.07) is 11.0. The van der Waals surface area contributed by atoms with E-state index in [1.165, 1.54) is 18.3 Å². The Labute approximate surface area is 244 Å². The molecular formula is C32H37FN4O5. The van der Waals surface area contributed by atoms with Crippen molar-refractivity contribution in [2.24, 2.45) is 5.41 Å². The first kappa shape index (κ1) is 30.6. The topological polar surface area (TPSA) is 121 Å². The lowest BCUT2D eigenvalue weighted by atomic mass is 9.82. The molecule has 9 nitrogen and oxygen atoms in total. The molecule has 2 heterocycles. The van der Waals surface area contributed by atoms with Gasteiger partial charge in [-0.1, -0.05) is 18.2 Å². The van der Waals surface area contributed by atoms with Crippen molar-refractivity contribution in [1.29, 1.82) is 0 Å². The Bertz CT molecular complexity index is 1540. The minimum absolute atomic E-state index is 0.208. The first-order chi connectivity index (χ1) is 19.9. The van der Waals surface area contributed by atoms with Gasteiger partial charge in [0.2, 0.25) is 5.91 Å². The molecule has 222 valence electrons. The van der Waals surface area contributed by atoms with E-state index < -0.39 is 41.2 Å².